The van der Waals surface area contributed by atoms with Gasteiger partial charge in [0.2, 0.25) is 0 Å². The number of benzene rings is 2. The van der Waals surface area contributed by atoms with E-state index in [1.807, 2.05) is 65.2 Å². The van der Waals surface area contributed by atoms with E-state index in [2.05, 4.69) is 15.1 Å². The molecule has 168 valence electrons. The highest BCUT2D eigenvalue weighted by Crippen LogP contribution is 2.23. The highest BCUT2D eigenvalue weighted by atomic mass is 32.2. The molecule has 0 aliphatic carbocycles. The van der Waals surface area contributed by atoms with Crippen molar-refractivity contribution in [1.82, 2.24) is 18.8 Å². The first-order valence-electron chi connectivity index (χ1n) is 10.6. The molecule has 0 amide bonds. The molecule has 0 spiro atoms. The predicted octanol–water partition coefficient (Wildman–Crippen LogP) is 4.72. The second-order valence-corrected chi connectivity index (χ2v) is 9.59. The van der Waals surface area contributed by atoms with Crippen LogP contribution < -0.4 is 0 Å². The molecule has 0 saturated heterocycles. The van der Waals surface area contributed by atoms with Crippen LogP contribution in [0.2, 0.25) is 0 Å². The molecule has 2 aromatic carbocycles. The first kappa shape index (κ1) is 21.5. The van der Waals surface area contributed by atoms with E-state index < -0.39 is 10.0 Å². The summed E-state index contributed by atoms with van der Waals surface area (Å²) in [7, 11) is -2.38. The Hall–Kier alpha value is -4.30. The van der Waals surface area contributed by atoms with Gasteiger partial charge in [0.05, 0.1) is 23.0 Å². The van der Waals surface area contributed by atoms with E-state index in [9.17, 15) is 8.42 Å². The third-order valence-corrected chi connectivity index (χ3v) is 7.15. The number of sulfonamides is 1. The van der Waals surface area contributed by atoms with Crippen molar-refractivity contribution < 1.29 is 8.42 Å². The van der Waals surface area contributed by atoms with Gasteiger partial charge in [0.15, 0.2) is 0 Å². The van der Waals surface area contributed by atoms with Crippen LogP contribution in [0.25, 0.3) is 27.9 Å². The fourth-order valence-electron chi connectivity index (χ4n) is 3.60. The third kappa shape index (κ3) is 4.18. The molecule has 0 atom stereocenters. The number of aromatic nitrogens is 3. The average Bonchev–Trinajstić information content (AvgIpc) is 3.30. The summed E-state index contributed by atoms with van der Waals surface area (Å²) in [6.07, 6.45) is 8.58. The van der Waals surface area contributed by atoms with Crippen molar-refractivity contribution in [2.45, 2.75) is 4.90 Å². The molecule has 0 unspecified atom stereocenters. The lowest BCUT2D eigenvalue weighted by atomic mass is 10.1. The Bertz CT molecular complexity index is 1560. The Kier molecular flexibility index (Phi) is 5.65. The van der Waals surface area contributed by atoms with Crippen LogP contribution in [0, 0.1) is 0 Å². The number of hydrogen-bond donors (Lipinski definition) is 0. The first-order chi connectivity index (χ1) is 16.5. The largest absolute Gasteiger partial charge is 0.298 e. The van der Waals surface area contributed by atoms with E-state index in [4.69, 9.17) is 0 Å². The van der Waals surface area contributed by atoms with Gasteiger partial charge in [-0.15, -0.1) is 0 Å². The maximum Gasteiger partial charge on any atom is 0.278 e. The summed E-state index contributed by atoms with van der Waals surface area (Å²) in [5, 5.41) is 4.19. The number of pyridine rings is 2. The summed E-state index contributed by atoms with van der Waals surface area (Å²) in [5.74, 6) is 0. The van der Waals surface area contributed by atoms with E-state index in [1.165, 1.54) is 13.3 Å². The van der Waals surface area contributed by atoms with Crippen molar-refractivity contribution in [3.05, 3.63) is 109 Å². The molecule has 0 saturated carbocycles. The van der Waals surface area contributed by atoms with Crippen molar-refractivity contribution in [2.75, 3.05) is 7.05 Å². The summed E-state index contributed by atoms with van der Waals surface area (Å²) in [5.41, 5.74) is 5.29. The van der Waals surface area contributed by atoms with Gasteiger partial charge in [0, 0.05) is 36.8 Å². The Morgan fingerprint density at radius 1 is 0.824 bits per heavy atom. The van der Waals surface area contributed by atoms with Gasteiger partial charge in [-0.1, -0.05) is 48.5 Å². The molecule has 5 rings (SSSR count). The van der Waals surface area contributed by atoms with Gasteiger partial charge in [-0.3, -0.25) is 9.38 Å². The quantitative estimate of drug-likeness (QED) is 0.267. The molecule has 0 N–H and O–H groups in total. The van der Waals surface area contributed by atoms with Crippen LogP contribution in [0.1, 0.15) is 5.69 Å². The van der Waals surface area contributed by atoms with Crippen molar-refractivity contribution >= 4 is 21.9 Å². The van der Waals surface area contributed by atoms with Gasteiger partial charge in [0.25, 0.3) is 10.0 Å². The Morgan fingerprint density at radius 2 is 1.53 bits per heavy atom. The Balaban J connectivity index is 1.39. The van der Waals surface area contributed by atoms with Gasteiger partial charge in [-0.2, -0.15) is 17.9 Å². The van der Waals surface area contributed by atoms with E-state index in [0.29, 0.717) is 5.69 Å². The smallest absolute Gasteiger partial charge is 0.278 e. The van der Waals surface area contributed by atoms with Crippen LogP contribution in [0.4, 0.5) is 0 Å². The normalized spacial score (nSPS) is 11.8. The van der Waals surface area contributed by atoms with Crippen LogP contribution >= 0.6 is 0 Å². The van der Waals surface area contributed by atoms with Gasteiger partial charge < -0.3 is 0 Å². The van der Waals surface area contributed by atoms with Crippen molar-refractivity contribution in [3.8, 4) is 22.3 Å². The SMILES string of the molecule is CN(/N=C/c1cnc2ccc(-c3cccnc3)cn12)S(=O)(=O)c1ccc(-c2ccccc2)cc1. The fraction of sp³-hybridized carbons (Fsp3) is 0.0385. The topological polar surface area (TPSA) is 79.9 Å². The van der Waals surface area contributed by atoms with Crippen LogP contribution in [0.3, 0.4) is 0 Å². The molecular formula is C26H21N5O2S. The highest BCUT2D eigenvalue weighted by molar-refractivity contribution is 7.89. The molecular weight excluding hydrogens is 446 g/mol. The number of nitrogens with zero attached hydrogens (tertiary/aromatic N) is 5. The second-order valence-electron chi connectivity index (χ2n) is 7.65. The zero-order valence-corrected chi connectivity index (χ0v) is 19.2. The number of hydrogen-bond acceptors (Lipinski definition) is 5. The molecule has 7 nitrogen and oxygen atoms in total. The van der Waals surface area contributed by atoms with Crippen molar-refractivity contribution in [3.63, 3.8) is 0 Å². The number of hydrazone groups is 1. The Labute approximate surface area is 197 Å². The van der Waals surface area contributed by atoms with Crippen molar-refractivity contribution in [2.24, 2.45) is 5.10 Å². The minimum absolute atomic E-state index is 0.170. The molecule has 8 heteroatoms. The molecule has 5 aromatic rings. The molecule has 0 aliphatic rings. The third-order valence-electron chi connectivity index (χ3n) is 5.49. The molecule has 34 heavy (non-hydrogen) atoms. The molecule has 3 heterocycles. The fourth-order valence-corrected chi connectivity index (χ4v) is 4.56. The maximum absolute atomic E-state index is 13.0. The second kappa shape index (κ2) is 8.92. The lowest BCUT2D eigenvalue weighted by Crippen LogP contribution is -2.22. The minimum atomic E-state index is -3.80. The van der Waals surface area contributed by atoms with E-state index in [-0.39, 0.29) is 4.90 Å². The van der Waals surface area contributed by atoms with Gasteiger partial charge in [-0.25, -0.2) is 4.98 Å². The van der Waals surface area contributed by atoms with Gasteiger partial charge >= 0.3 is 0 Å². The highest BCUT2D eigenvalue weighted by Gasteiger charge is 2.19. The zero-order valence-electron chi connectivity index (χ0n) is 18.4. The van der Waals surface area contributed by atoms with Crippen LogP contribution in [0.15, 0.2) is 114 Å². The van der Waals surface area contributed by atoms with E-state index >= 15 is 0 Å². The first-order valence-corrected chi connectivity index (χ1v) is 12.0. The number of fused-ring (bicyclic) bond motifs is 1. The minimum Gasteiger partial charge on any atom is -0.298 e. The lowest BCUT2D eigenvalue weighted by molar-refractivity contribution is 0.491. The monoisotopic (exact) mass is 467 g/mol. The summed E-state index contributed by atoms with van der Waals surface area (Å²) in [4.78, 5) is 8.71. The summed E-state index contributed by atoms with van der Waals surface area (Å²) in [6, 6.07) is 24.3. The molecule has 0 bridgehead atoms. The maximum atomic E-state index is 13.0. The van der Waals surface area contributed by atoms with E-state index in [0.717, 1.165) is 32.3 Å². The average molecular weight is 468 g/mol. The number of rotatable bonds is 6. The number of imidazole rings is 1. The Morgan fingerprint density at radius 3 is 2.26 bits per heavy atom. The van der Waals surface area contributed by atoms with Crippen molar-refractivity contribution in [1.29, 1.82) is 0 Å². The van der Waals surface area contributed by atoms with E-state index in [1.54, 1.807) is 42.9 Å². The zero-order chi connectivity index (χ0) is 23.5. The molecule has 0 fully saturated rings. The summed E-state index contributed by atoms with van der Waals surface area (Å²) in [6.45, 7) is 0. The lowest BCUT2D eigenvalue weighted by Gasteiger charge is -2.14. The van der Waals surface area contributed by atoms with Crippen LogP contribution in [0.5, 0.6) is 0 Å². The molecule has 0 radical (unpaired) electrons. The summed E-state index contributed by atoms with van der Waals surface area (Å²) >= 11 is 0. The standard InChI is InChI=1S/C26H21N5O2S/c1-30(34(32,33)25-12-9-21(10-13-25)20-6-3-2-4-7-20)29-18-24-17-28-26-14-11-23(19-31(24)26)22-8-5-15-27-16-22/h2-19H,1H3/b29-18+. The van der Waals surface area contributed by atoms with Crippen LogP contribution in [-0.2, 0) is 10.0 Å². The van der Waals surface area contributed by atoms with Crippen LogP contribution in [-0.4, -0.2) is 40.5 Å². The molecule has 0 aliphatic heterocycles. The predicted molar refractivity (Wildman–Crippen MR) is 133 cm³/mol. The van der Waals surface area contributed by atoms with Gasteiger partial charge in [-0.05, 0) is 41.5 Å². The summed E-state index contributed by atoms with van der Waals surface area (Å²) < 4.78 is 28.9. The van der Waals surface area contributed by atoms with Gasteiger partial charge in [0.1, 0.15) is 5.65 Å². The molecule has 3 aromatic heterocycles.